The summed E-state index contributed by atoms with van der Waals surface area (Å²) in [6, 6.07) is 0. The Bertz CT molecular complexity index is 239. The third-order valence-corrected chi connectivity index (χ3v) is 2.91. The first-order chi connectivity index (χ1) is 6.11. The van der Waals surface area contributed by atoms with Gasteiger partial charge in [-0.25, -0.2) is 10.2 Å². The SMILES string of the molecule is CCOC(=O)N/N=C(C)/C(Br)=C/Br. The van der Waals surface area contributed by atoms with E-state index in [2.05, 4.69) is 47.1 Å². The Morgan fingerprint density at radius 3 is 2.77 bits per heavy atom. The zero-order chi connectivity index (χ0) is 10.3. The monoisotopic (exact) mass is 312 g/mol. The fraction of sp³-hybridized carbons (Fsp3) is 0.429. The summed E-state index contributed by atoms with van der Waals surface area (Å²) in [5, 5.41) is 3.76. The van der Waals surface area contributed by atoms with Crippen molar-refractivity contribution >= 4 is 43.7 Å². The molecule has 0 aromatic heterocycles. The number of allylic oxidation sites excluding steroid dienone is 1. The van der Waals surface area contributed by atoms with Gasteiger partial charge in [0, 0.05) is 4.48 Å². The third kappa shape index (κ3) is 5.81. The van der Waals surface area contributed by atoms with E-state index in [1.807, 2.05) is 0 Å². The number of nitrogens with zero attached hydrogens (tertiary/aromatic N) is 1. The van der Waals surface area contributed by atoms with Crippen LogP contribution in [0, 0.1) is 0 Å². The lowest BCUT2D eigenvalue weighted by molar-refractivity contribution is 0.152. The Labute approximate surface area is 93.7 Å². The van der Waals surface area contributed by atoms with E-state index >= 15 is 0 Å². The van der Waals surface area contributed by atoms with E-state index in [1.165, 1.54) is 0 Å². The summed E-state index contributed by atoms with van der Waals surface area (Å²) in [5.74, 6) is 0. The number of ether oxygens (including phenoxy) is 1. The molecule has 6 heteroatoms. The molecule has 0 bridgehead atoms. The van der Waals surface area contributed by atoms with Crippen LogP contribution in [0.5, 0.6) is 0 Å². The highest BCUT2D eigenvalue weighted by atomic mass is 79.9. The van der Waals surface area contributed by atoms with Crippen LogP contribution in [0.25, 0.3) is 0 Å². The van der Waals surface area contributed by atoms with Crippen molar-refractivity contribution in [3.8, 4) is 0 Å². The molecule has 0 saturated carbocycles. The van der Waals surface area contributed by atoms with Gasteiger partial charge in [-0.15, -0.1) is 0 Å². The molecule has 0 fully saturated rings. The molecular weight excluding hydrogens is 304 g/mol. The summed E-state index contributed by atoms with van der Waals surface area (Å²) in [6.07, 6.45) is -0.559. The molecule has 1 N–H and O–H groups in total. The molecule has 0 spiro atoms. The lowest BCUT2D eigenvalue weighted by Gasteiger charge is -2.00. The van der Waals surface area contributed by atoms with E-state index in [4.69, 9.17) is 0 Å². The topological polar surface area (TPSA) is 50.7 Å². The number of nitrogens with one attached hydrogen (secondary N) is 1. The van der Waals surface area contributed by atoms with Gasteiger partial charge in [0.2, 0.25) is 0 Å². The van der Waals surface area contributed by atoms with Crippen molar-refractivity contribution in [3.63, 3.8) is 0 Å². The number of carbonyl (C=O) groups excluding carboxylic acids is 1. The number of halogens is 2. The summed E-state index contributed by atoms with van der Waals surface area (Å²) in [4.78, 5) is 12.4. The number of hydrogen-bond acceptors (Lipinski definition) is 3. The fourth-order valence-electron chi connectivity index (χ4n) is 0.425. The van der Waals surface area contributed by atoms with Gasteiger partial charge < -0.3 is 4.74 Å². The minimum Gasteiger partial charge on any atom is -0.449 e. The second-order valence-electron chi connectivity index (χ2n) is 1.99. The highest BCUT2D eigenvalue weighted by molar-refractivity contribution is 9.14. The van der Waals surface area contributed by atoms with Crippen molar-refractivity contribution in [2.24, 2.45) is 5.10 Å². The smallest absolute Gasteiger partial charge is 0.427 e. The molecule has 1 amide bonds. The number of amides is 1. The van der Waals surface area contributed by atoms with Crippen molar-refractivity contribution in [2.45, 2.75) is 13.8 Å². The Morgan fingerprint density at radius 1 is 1.69 bits per heavy atom. The fourth-order valence-corrected chi connectivity index (χ4v) is 0.845. The molecule has 0 aliphatic carbocycles. The van der Waals surface area contributed by atoms with Gasteiger partial charge in [-0.05, 0) is 34.8 Å². The molecule has 74 valence electrons. The van der Waals surface area contributed by atoms with Crippen molar-refractivity contribution in [3.05, 3.63) is 9.47 Å². The second kappa shape index (κ2) is 7.08. The Hall–Kier alpha value is -0.360. The Kier molecular flexibility index (Phi) is 6.89. The van der Waals surface area contributed by atoms with Crippen LogP contribution in [-0.4, -0.2) is 18.4 Å². The number of hydrogen-bond donors (Lipinski definition) is 1. The van der Waals surface area contributed by atoms with Crippen LogP contribution in [0.15, 0.2) is 14.6 Å². The average Bonchev–Trinajstić information content (AvgIpc) is 2.13. The lowest BCUT2D eigenvalue weighted by atomic mass is 10.4. The predicted molar refractivity (Wildman–Crippen MR) is 59.2 cm³/mol. The minimum atomic E-state index is -0.559. The second-order valence-corrected chi connectivity index (χ2v) is 3.30. The van der Waals surface area contributed by atoms with Gasteiger partial charge >= 0.3 is 6.09 Å². The van der Waals surface area contributed by atoms with Crippen molar-refractivity contribution in [1.29, 1.82) is 0 Å². The van der Waals surface area contributed by atoms with Crippen LogP contribution >= 0.6 is 31.9 Å². The van der Waals surface area contributed by atoms with Crippen molar-refractivity contribution < 1.29 is 9.53 Å². The number of rotatable bonds is 3. The van der Waals surface area contributed by atoms with Gasteiger partial charge in [0.1, 0.15) is 0 Å². The maximum Gasteiger partial charge on any atom is 0.427 e. The van der Waals surface area contributed by atoms with Gasteiger partial charge in [-0.1, -0.05) is 15.9 Å². The molecule has 0 radical (unpaired) electrons. The number of carbonyl (C=O) groups is 1. The van der Waals surface area contributed by atoms with Crippen LogP contribution in [0.3, 0.4) is 0 Å². The van der Waals surface area contributed by atoms with E-state index in [1.54, 1.807) is 18.8 Å². The Balaban J connectivity index is 4.04. The highest BCUT2D eigenvalue weighted by Crippen LogP contribution is 2.09. The largest absolute Gasteiger partial charge is 0.449 e. The van der Waals surface area contributed by atoms with E-state index in [0.29, 0.717) is 12.3 Å². The zero-order valence-corrected chi connectivity index (χ0v) is 10.5. The Morgan fingerprint density at radius 2 is 2.31 bits per heavy atom. The summed E-state index contributed by atoms with van der Waals surface area (Å²) in [7, 11) is 0. The normalized spacial score (nSPS) is 12.6. The van der Waals surface area contributed by atoms with E-state index < -0.39 is 6.09 Å². The lowest BCUT2D eigenvalue weighted by Crippen LogP contribution is -2.20. The summed E-state index contributed by atoms with van der Waals surface area (Å²) in [6.45, 7) is 3.80. The average molecular weight is 314 g/mol. The third-order valence-electron chi connectivity index (χ3n) is 1.03. The van der Waals surface area contributed by atoms with Gasteiger partial charge in [0.15, 0.2) is 0 Å². The molecule has 0 aromatic carbocycles. The maximum atomic E-state index is 10.8. The van der Waals surface area contributed by atoms with Gasteiger partial charge in [-0.3, -0.25) is 0 Å². The first kappa shape index (κ1) is 12.6. The summed E-state index contributed by atoms with van der Waals surface area (Å²) in [5.41, 5.74) is 2.88. The molecular formula is C7H10Br2N2O2. The van der Waals surface area contributed by atoms with Crippen molar-refractivity contribution in [2.75, 3.05) is 6.61 Å². The van der Waals surface area contributed by atoms with Gasteiger partial charge in [-0.2, -0.15) is 5.10 Å². The van der Waals surface area contributed by atoms with E-state index in [-0.39, 0.29) is 0 Å². The molecule has 0 aliphatic heterocycles. The molecule has 0 saturated heterocycles. The summed E-state index contributed by atoms with van der Waals surface area (Å²) < 4.78 is 5.36. The van der Waals surface area contributed by atoms with Gasteiger partial charge in [0.05, 0.1) is 12.3 Å². The van der Waals surface area contributed by atoms with Crippen LogP contribution in [0.2, 0.25) is 0 Å². The van der Waals surface area contributed by atoms with Crippen LogP contribution in [0.1, 0.15) is 13.8 Å². The van der Waals surface area contributed by atoms with E-state index in [9.17, 15) is 4.79 Å². The molecule has 0 atom stereocenters. The molecule has 0 aliphatic rings. The highest BCUT2D eigenvalue weighted by Gasteiger charge is 1.99. The zero-order valence-electron chi connectivity index (χ0n) is 7.30. The molecule has 0 aromatic rings. The van der Waals surface area contributed by atoms with Crippen LogP contribution in [0.4, 0.5) is 4.79 Å². The van der Waals surface area contributed by atoms with Crippen LogP contribution < -0.4 is 5.43 Å². The van der Waals surface area contributed by atoms with Gasteiger partial charge in [0.25, 0.3) is 0 Å². The maximum absolute atomic E-state index is 10.8. The van der Waals surface area contributed by atoms with Crippen molar-refractivity contribution in [1.82, 2.24) is 5.43 Å². The molecule has 0 unspecified atom stereocenters. The quantitative estimate of drug-likeness (QED) is 0.643. The molecule has 13 heavy (non-hydrogen) atoms. The first-order valence-electron chi connectivity index (χ1n) is 3.55. The van der Waals surface area contributed by atoms with E-state index in [0.717, 1.165) is 4.48 Å². The molecule has 0 heterocycles. The first-order valence-corrected chi connectivity index (χ1v) is 5.26. The van der Waals surface area contributed by atoms with Crippen LogP contribution in [-0.2, 0) is 4.74 Å². The molecule has 4 nitrogen and oxygen atoms in total. The molecule has 0 rings (SSSR count). The predicted octanol–water partition coefficient (Wildman–Crippen LogP) is 2.74. The minimum absolute atomic E-state index is 0.329. The standard InChI is InChI=1S/C7H10Br2N2O2/c1-3-13-7(12)11-10-5(2)6(9)4-8/h4H,3H2,1-2H3,(H,11,12)/b6-4-,10-5+. The summed E-state index contributed by atoms with van der Waals surface area (Å²) >= 11 is 6.34. The number of hydrazone groups is 1.